The van der Waals surface area contributed by atoms with Crippen molar-refractivity contribution in [3.63, 3.8) is 0 Å². The molecule has 114 valence electrons. The maximum absolute atomic E-state index is 12.8. The number of nitrogens with zero attached hydrogens (tertiary/aromatic N) is 2. The molecule has 2 aromatic rings. The van der Waals surface area contributed by atoms with Gasteiger partial charge in [-0.1, -0.05) is 12.1 Å². The van der Waals surface area contributed by atoms with Crippen molar-refractivity contribution in [3.8, 4) is 0 Å². The van der Waals surface area contributed by atoms with E-state index in [1.54, 1.807) is 29.9 Å². The Labute approximate surface area is 126 Å². The first-order chi connectivity index (χ1) is 9.90. The van der Waals surface area contributed by atoms with E-state index in [0.29, 0.717) is 18.8 Å². The molecule has 0 spiro atoms. The molecule has 0 saturated carbocycles. The van der Waals surface area contributed by atoms with Crippen LogP contribution in [0.2, 0.25) is 0 Å². The van der Waals surface area contributed by atoms with Crippen LogP contribution in [-0.2, 0) is 23.6 Å². The summed E-state index contributed by atoms with van der Waals surface area (Å²) in [4.78, 5) is 0.272. The van der Waals surface area contributed by atoms with Gasteiger partial charge in [0.05, 0.1) is 5.69 Å². The highest BCUT2D eigenvalue weighted by atomic mass is 32.2. The fourth-order valence-corrected chi connectivity index (χ4v) is 3.88. The molecule has 0 bridgehead atoms. The summed E-state index contributed by atoms with van der Waals surface area (Å²) < 4.78 is 28.8. The van der Waals surface area contributed by atoms with Gasteiger partial charge in [-0.2, -0.15) is 0 Å². The first-order valence-corrected chi connectivity index (χ1v) is 8.29. The van der Waals surface area contributed by atoms with Crippen molar-refractivity contribution in [2.45, 2.75) is 25.3 Å². The van der Waals surface area contributed by atoms with E-state index in [9.17, 15) is 8.42 Å². The van der Waals surface area contributed by atoms with E-state index in [2.05, 4.69) is 0 Å². The predicted molar refractivity (Wildman–Crippen MR) is 84.7 cm³/mol. The van der Waals surface area contributed by atoms with Crippen LogP contribution in [0.15, 0.2) is 41.4 Å². The van der Waals surface area contributed by atoms with E-state index < -0.39 is 10.0 Å². The van der Waals surface area contributed by atoms with Crippen LogP contribution < -0.4 is 10.0 Å². The van der Waals surface area contributed by atoms with E-state index in [1.165, 1.54) is 4.31 Å². The quantitative estimate of drug-likeness (QED) is 0.918. The van der Waals surface area contributed by atoms with E-state index in [-0.39, 0.29) is 4.90 Å². The summed E-state index contributed by atoms with van der Waals surface area (Å²) in [7, 11) is -1.78. The number of aryl methyl sites for hydroxylation is 2. The highest BCUT2D eigenvalue weighted by molar-refractivity contribution is 7.92. The molecule has 5 nitrogen and oxygen atoms in total. The monoisotopic (exact) mass is 307 g/mol. The summed E-state index contributed by atoms with van der Waals surface area (Å²) in [6.07, 6.45) is 1.61. The van der Waals surface area contributed by atoms with Gasteiger partial charge in [-0.25, -0.2) is 8.42 Å². The maximum atomic E-state index is 12.8. The molecule has 0 atom stereocenters. The van der Waals surface area contributed by atoms with Gasteiger partial charge in [-0.3, -0.25) is 4.31 Å². The Bertz CT molecular complexity index is 735. The summed E-state index contributed by atoms with van der Waals surface area (Å²) in [5, 5.41) is 0. The molecule has 0 aliphatic carbocycles. The average Bonchev–Trinajstić information content (AvgIpc) is 2.81. The summed E-state index contributed by atoms with van der Waals surface area (Å²) in [5.74, 6) is 0. The SMILES string of the molecule is CCN(c1cccc(C)c1)S(=O)(=O)c1cc(CN)n(C)c1. The Morgan fingerprint density at radius 3 is 2.52 bits per heavy atom. The van der Waals surface area contributed by atoms with Gasteiger partial charge in [-0.05, 0) is 37.6 Å². The van der Waals surface area contributed by atoms with E-state index >= 15 is 0 Å². The highest BCUT2D eigenvalue weighted by Gasteiger charge is 2.25. The predicted octanol–water partition coefficient (Wildman–Crippen LogP) is 2.01. The molecule has 0 saturated heterocycles. The van der Waals surface area contributed by atoms with Crippen molar-refractivity contribution in [3.05, 3.63) is 47.8 Å². The Morgan fingerprint density at radius 2 is 2.00 bits per heavy atom. The minimum absolute atomic E-state index is 0.272. The van der Waals surface area contributed by atoms with Gasteiger partial charge in [0.25, 0.3) is 10.0 Å². The average molecular weight is 307 g/mol. The van der Waals surface area contributed by atoms with Crippen molar-refractivity contribution in [1.29, 1.82) is 0 Å². The van der Waals surface area contributed by atoms with Crippen LogP contribution in [0.5, 0.6) is 0 Å². The third kappa shape index (κ3) is 2.96. The standard InChI is InChI=1S/C15H21N3O2S/c1-4-18(13-7-5-6-12(2)8-13)21(19,20)15-9-14(10-16)17(3)11-15/h5-9,11H,4,10,16H2,1-3H3. The Balaban J connectivity index is 2.49. The van der Waals surface area contributed by atoms with Crippen LogP contribution >= 0.6 is 0 Å². The van der Waals surface area contributed by atoms with Gasteiger partial charge in [-0.15, -0.1) is 0 Å². The zero-order valence-electron chi connectivity index (χ0n) is 12.6. The lowest BCUT2D eigenvalue weighted by atomic mass is 10.2. The molecule has 0 amide bonds. The van der Waals surface area contributed by atoms with Crippen LogP contribution in [0.25, 0.3) is 0 Å². The minimum Gasteiger partial charge on any atom is -0.352 e. The lowest BCUT2D eigenvalue weighted by Gasteiger charge is -2.22. The van der Waals surface area contributed by atoms with Crippen molar-refractivity contribution < 1.29 is 8.42 Å². The number of anilines is 1. The number of aromatic nitrogens is 1. The van der Waals surface area contributed by atoms with Crippen LogP contribution in [0.4, 0.5) is 5.69 Å². The van der Waals surface area contributed by atoms with Gasteiger partial charge in [0, 0.05) is 32.0 Å². The van der Waals surface area contributed by atoms with E-state index in [1.807, 2.05) is 32.0 Å². The molecule has 0 aliphatic heterocycles. The number of nitrogens with two attached hydrogens (primary N) is 1. The molecular weight excluding hydrogens is 286 g/mol. The fraction of sp³-hybridized carbons (Fsp3) is 0.333. The number of sulfonamides is 1. The van der Waals surface area contributed by atoms with Gasteiger partial charge < -0.3 is 10.3 Å². The first kappa shape index (κ1) is 15.6. The topological polar surface area (TPSA) is 68.3 Å². The Kier molecular flexibility index (Phi) is 4.39. The van der Waals surface area contributed by atoms with E-state index in [4.69, 9.17) is 5.73 Å². The van der Waals surface area contributed by atoms with Gasteiger partial charge in [0.2, 0.25) is 0 Å². The first-order valence-electron chi connectivity index (χ1n) is 6.85. The lowest BCUT2D eigenvalue weighted by Crippen LogP contribution is -2.30. The molecule has 0 radical (unpaired) electrons. The second-order valence-electron chi connectivity index (χ2n) is 4.99. The van der Waals surface area contributed by atoms with Crippen molar-refractivity contribution in [2.24, 2.45) is 12.8 Å². The molecule has 2 rings (SSSR count). The summed E-state index contributed by atoms with van der Waals surface area (Å²) >= 11 is 0. The largest absolute Gasteiger partial charge is 0.352 e. The molecule has 21 heavy (non-hydrogen) atoms. The number of hydrogen-bond acceptors (Lipinski definition) is 3. The fourth-order valence-electron chi connectivity index (χ4n) is 2.32. The zero-order valence-corrected chi connectivity index (χ0v) is 13.4. The third-order valence-electron chi connectivity index (χ3n) is 3.46. The van der Waals surface area contributed by atoms with Gasteiger partial charge >= 0.3 is 0 Å². The second-order valence-corrected chi connectivity index (χ2v) is 6.85. The smallest absolute Gasteiger partial charge is 0.265 e. The van der Waals surface area contributed by atoms with Crippen molar-refractivity contribution >= 4 is 15.7 Å². The molecule has 0 unspecified atom stereocenters. The molecule has 6 heteroatoms. The summed E-state index contributed by atoms with van der Waals surface area (Å²) in [6.45, 7) is 4.45. The molecule has 1 aromatic carbocycles. The number of hydrogen-bond donors (Lipinski definition) is 1. The van der Waals surface area contributed by atoms with Gasteiger partial charge in [0.1, 0.15) is 4.90 Å². The highest BCUT2D eigenvalue weighted by Crippen LogP contribution is 2.25. The molecule has 1 heterocycles. The van der Waals surface area contributed by atoms with Crippen molar-refractivity contribution in [2.75, 3.05) is 10.8 Å². The number of rotatable bonds is 5. The minimum atomic E-state index is -3.58. The Morgan fingerprint density at radius 1 is 1.29 bits per heavy atom. The maximum Gasteiger partial charge on any atom is 0.265 e. The third-order valence-corrected chi connectivity index (χ3v) is 5.33. The normalized spacial score (nSPS) is 11.6. The second kappa shape index (κ2) is 5.91. The van der Waals surface area contributed by atoms with Crippen LogP contribution in [0.3, 0.4) is 0 Å². The van der Waals surface area contributed by atoms with Crippen LogP contribution in [0, 0.1) is 6.92 Å². The molecular formula is C15H21N3O2S. The molecule has 1 aromatic heterocycles. The molecule has 0 aliphatic rings. The number of benzene rings is 1. The van der Waals surface area contributed by atoms with Crippen LogP contribution in [0.1, 0.15) is 18.2 Å². The molecule has 0 fully saturated rings. The lowest BCUT2D eigenvalue weighted by molar-refractivity contribution is 0.591. The molecule has 2 N–H and O–H groups in total. The van der Waals surface area contributed by atoms with Gasteiger partial charge in [0.15, 0.2) is 0 Å². The summed E-state index contributed by atoms with van der Waals surface area (Å²) in [6, 6.07) is 9.11. The van der Waals surface area contributed by atoms with E-state index in [0.717, 1.165) is 11.3 Å². The van der Waals surface area contributed by atoms with Crippen LogP contribution in [-0.4, -0.2) is 19.5 Å². The Hall–Kier alpha value is -1.79. The summed E-state index contributed by atoms with van der Waals surface area (Å²) in [5.41, 5.74) is 8.10. The zero-order chi connectivity index (χ0) is 15.6. The van der Waals surface area contributed by atoms with Crippen molar-refractivity contribution in [1.82, 2.24) is 4.57 Å².